The number of hydroxylamine groups is 2. The number of hydrogen-bond donors (Lipinski definition) is 3. The van der Waals surface area contributed by atoms with Gasteiger partial charge in [0.05, 0.1) is 12.0 Å². The maximum absolute atomic E-state index is 14.0. The van der Waals surface area contributed by atoms with Crippen LogP contribution in [0.1, 0.15) is 51.8 Å². The van der Waals surface area contributed by atoms with Crippen LogP contribution < -0.4 is 10.6 Å². The topological polar surface area (TPSA) is 125 Å². The van der Waals surface area contributed by atoms with Gasteiger partial charge in [-0.05, 0) is 54.7 Å². The SMILES string of the molecule is CC(Cc1ccccc1)C[C@@H](C(=O)N[C@H](C(=O)Nc1nccs1)C(C)(C)C)[C@H](CCc1ccccn1)N(O)C=O. The van der Waals surface area contributed by atoms with E-state index < -0.39 is 29.3 Å². The zero-order chi connectivity index (χ0) is 29.1. The molecule has 0 saturated heterocycles. The molecule has 0 bridgehead atoms. The highest BCUT2D eigenvalue weighted by molar-refractivity contribution is 7.13. The summed E-state index contributed by atoms with van der Waals surface area (Å²) in [6, 6.07) is 13.8. The number of thiazole rings is 1. The summed E-state index contributed by atoms with van der Waals surface area (Å²) >= 11 is 1.29. The number of carbonyl (C=O) groups excluding carboxylic acids is 3. The van der Waals surface area contributed by atoms with Crippen molar-refractivity contribution in [2.75, 3.05) is 5.32 Å². The van der Waals surface area contributed by atoms with Crippen LogP contribution in [-0.4, -0.2) is 50.5 Å². The molecule has 9 nitrogen and oxygen atoms in total. The van der Waals surface area contributed by atoms with E-state index in [1.807, 2.05) is 76.2 Å². The summed E-state index contributed by atoms with van der Waals surface area (Å²) in [5.74, 6) is -1.52. The van der Waals surface area contributed by atoms with E-state index in [2.05, 4.69) is 20.6 Å². The third-order valence-corrected chi connectivity index (χ3v) is 7.52. The fourth-order valence-electron chi connectivity index (χ4n) is 4.80. The molecule has 2 aromatic heterocycles. The quantitative estimate of drug-likeness (QED) is 0.147. The number of nitrogens with one attached hydrogen (secondary N) is 2. The largest absolute Gasteiger partial charge is 0.343 e. The van der Waals surface area contributed by atoms with Gasteiger partial charge in [0.15, 0.2) is 5.13 Å². The molecule has 0 saturated carbocycles. The normalized spacial score (nSPS) is 14.4. The first-order chi connectivity index (χ1) is 19.1. The summed E-state index contributed by atoms with van der Waals surface area (Å²) in [5.41, 5.74) is 1.30. The van der Waals surface area contributed by atoms with Crippen molar-refractivity contribution in [1.82, 2.24) is 20.3 Å². The monoisotopic (exact) mass is 565 g/mol. The smallest absolute Gasteiger partial charge is 0.249 e. The number of aryl methyl sites for hydroxylation is 1. The Labute approximate surface area is 240 Å². The number of nitrogens with zero attached hydrogens (tertiary/aromatic N) is 3. The van der Waals surface area contributed by atoms with E-state index in [0.29, 0.717) is 35.9 Å². The molecule has 0 aliphatic heterocycles. The van der Waals surface area contributed by atoms with E-state index in [-0.39, 0.29) is 11.8 Å². The minimum atomic E-state index is -0.879. The molecular formula is C30H39N5O4S. The first kappa shape index (κ1) is 30.9. The average Bonchev–Trinajstić information content (AvgIpc) is 3.44. The Bertz CT molecular complexity index is 1200. The van der Waals surface area contributed by atoms with Crippen LogP contribution in [0.2, 0.25) is 0 Å². The number of rotatable bonds is 14. The molecule has 0 radical (unpaired) electrons. The molecule has 1 aromatic carbocycles. The highest BCUT2D eigenvalue weighted by Gasteiger charge is 2.39. The van der Waals surface area contributed by atoms with Crippen LogP contribution in [0.3, 0.4) is 0 Å². The minimum absolute atomic E-state index is 0.0489. The van der Waals surface area contributed by atoms with Gasteiger partial charge in [0, 0.05) is 23.5 Å². The van der Waals surface area contributed by atoms with Crippen molar-refractivity contribution in [3.8, 4) is 0 Å². The lowest BCUT2D eigenvalue weighted by Gasteiger charge is -2.35. The van der Waals surface area contributed by atoms with Gasteiger partial charge in [-0.2, -0.15) is 0 Å². The number of pyridine rings is 1. The number of anilines is 1. The van der Waals surface area contributed by atoms with E-state index in [4.69, 9.17) is 0 Å². The maximum Gasteiger partial charge on any atom is 0.249 e. The standard InChI is InChI=1S/C30H39N5O4S/c1-21(18-22-10-6-5-7-11-22)19-24(25(35(39)20-36)14-13-23-12-8-9-15-31-23)27(37)33-26(30(2,3)4)28(38)34-29-32-16-17-40-29/h5-12,15-17,20-21,24-26,39H,13-14,18-19H2,1-4H3,(H,33,37)(H,32,34,38)/t21?,24-,25+,26-/m1/s1. The molecule has 10 heteroatoms. The van der Waals surface area contributed by atoms with Gasteiger partial charge >= 0.3 is 0 Å². The molecule has 0 aliphatic carbocycles. The van der Waals surface area contributed by atoms with Gasteiger partial charge in [0.2, 0.25) is 18.2 Å². The first-order valence-electron chi connectivity index (χ1n) is 13.5. The average molecular weight is 566 g/mol. The lowest BCUT2D eigenvalue weighted by molar-refractivity contribution is -0.169. The molecule has 0 fully saturated rings. The van der Waals surface area contributed by atoms with Gasteiger partial charge in [0.25, 0.3) is 0 Å². The van der Waals surface area contributed by atoms with Crippen molar-refractivity contribution >= 4 is 34.7 Å². The Morgan fingerprint density at radius 1 is 1.05 bits per heavy atom. The summed E-state index contributed by atoms with van der Waals surface area (Å²) in [6.07, 6.45) is 5.50. The molecule has 0 aliphatic rings. The summed E-state index contributed by atoms with van der Waals surface area (Å²) in [5, 5.41) is 19.2. The summed E-state index contributed by atoms with van der Waals surface area (Å²) in [7, 11) is 0. The second-order valence-electron chi connectivity index (χ2n) is 11.2. The highest BCUT2D eigenvalue weighted by atomic mass is 32.1. The molecule has 214 valence electrons. The van der Waals surface area contributed by atoms with Gasteiger partial charge in [0.1, 0.15) is 6.04 Å². The highest BCUT2D eigenvalue weighted by Crippen LogP contribution is 2.28. The fourth-order valence-corrected chi connectivity index (χ4v) is 5.33. The Hall–Kier alpha value is -3.63. The van der Waals surface area contributed by atoms with E-state index in [1.54, 1.807) is 17.8 Å². The third-order valence-electron chi connectivity index (χ3n) is 6.83. The van der Waals surface area contributed by atoms with E-state index in [1.165, 1.54) is 11.3 Å². The first-order valence-corrected chi connectivity index (χ1v) is 14.3. The van der Waals surface area contributed by atoms with Gasteiger partial charge in [-0.25, -0.2) is 10.0 Å². The van der Waals surface area contributed by atoms with Crippen molar-refractivity contribution in [3.05, 3.63) is 77.6 Å². The van der Waals surface area contributed by atoms with E-state index >= 15 is 0 Å². The fraction of sp³-hybridized carbons (Fsp3) is 0.433. The van der Waals surface area contributed by atoms with Gasteiger partial charge in [-0.3, -0.25) is 24.6 Å². The molecule has 3 N–H and O–H groups in total. The Kier molecular flexibility index (Phi) is 11.3. The number of carbonyl (C=O) groups is 3. The predicted molar refractivity (Wildman–Crippen MR) is 156 cm³/mol. The van der Waals surface area contributed by atoms with Crippen molar-refractivity contribution in [1.29, 1.82) is 0 Å². The number of aromatic nitrogens is 2. The van der Waals surface area contributed by atoms with Crippen molar-refractivity contribution in [2.45, 2.75) is 65.5 Å². The second-order valence-corrected chi connectivity index (χ2v) is 12.1. The Balaban J connectivity index is 1.87. The molecule has 0 spiro atoms. The van der Waals surface area contributed by atoms with Gasteiger partial charge < -0.3 is 10.6 Å². The molecule has 3 rings (SSSR count). The van der Waals surface area contributed by atoms with Gasteiger partial charge in [-0.1, -0.05) is 64.1 Å². The number of benzene rings is 1. The zero-order valence-corrected chi connectivity index (χ0v) is 24.3. The van der Waals surface area contributed by atoms with Crippen LogP contribution in [0.15, 0.2) is 66.3 Å². The second kappa shape index (κ2) is 14.7. The van der Waals surface area contributed by atoms with Crippen molar-refractivity contribution in [2.24, 2.45) is 17.3 Å². The molecule has 4 atom stereocenters. The maximum atomic E-state index is 14.0. The van der Waals surface area contributed by atoms with Crippen LogP contribution in [0.25, 0.3) is 0 Å². The predicted octanol–water partition coefficient (Wildman–Crippen LogP) is 4.74. The van der Waals surface area contributed by atoms with Crippen molar-refractivity contribution < 1.29 is 19.6 Å². The lowest BCUT2D eigenvalue weighted by atomic mass is 9.82. The lowest BCUT2D eigenvalue weighted by Crippen LogP contribution is -2.55. The van der Waals surface area contributed by atoms with Crippen LogP contribution >= 0.6 is 11.3 Å². The molecule has 2 heterocycles. The molecule has 3 aromatic rings. The van der Waals surface area contributed by atoms with Crippen LogP contribution in [0.5, 0.6) is 0 Å². The Morgan fingerprint density at radius 3 is 2.38 bits per heavy atom. The van der Waals surface area contributed by atoms with E-state index in [9.17, 15) is 19.6 Å². The van der Waals surface area contributed by atoms with Crippen LogP contribution in [0, 0.1) is 17.3 Å². The molecule has 1 unspecified atom stereocenters. The number of amides is 3. The van der Waals surface area contributed by atoms with Crippen LogP contribution in [-0.2, 0) is 27.2 Å². The molecular weight excluding hydrogens is 526 g/mol. The van der Waals surface area contributed by atoms with Crippen LogP contribution in [0.4, 0.5) is 5.13 Å². The molecule has 3 amide bonds. The summed E-state index contributed by atoms with van der Waals surface area (Å²) in [6.45, 7) is 7.65. The number of hydrogen-bond acceptors (Lipinski definition) is 7. The summed E-state index contributed by atoms with van der Waals surface area (Å²) in [4.78, 5) is 47.5. The van der Waals surface area contributed by atoms with Gasteiger partial charge in [-0.15, -0.1) is 11.3 Å². The van der Waals surface area contributed by atoms with E-state index in [0.717, 1.165) is 17.7 Å². The summed E-state index contributed by atoms with van der Waals surface area (Å²) < 4.78 is 0. The Morgan fingerprint density at radius 2 is 1.77 bits per heavy atom. The van der Waals surface area contributed by atoms with Crippen molar-refractivity contribution in [3.63, 3.8) is 0 Å². The molecule has 40 heavy (non-hydrogen) atoms. The minimum Gasteiger partial charge on any atom is -0.343 e. The zero-order valence-electron chi connectivity index (χ0n) is 23.5. The third kappa shape index (κ3) is 9.24.